The van der Waals surface area contributed by atoms with Gasteiger partial charge in [0.05, 0.1) is 16.7 Å². The van der Waals surface area contributed by atoms with Gasteiger partial charge in [0.15, 0.2) is 0 Å². The lowest BCUT2D eigenvalue weighted by Gasteiger charge is -2.33. The summed E-state index contributed by atoms with van der Waals surface area (Å²) in [7, 11) is -3.54. The molecule has 26 heavy (non-hydrogen) atoms. The van der Waals surface area contributed by atoms with Gasteiger partial charge in [-0.05, 0) is 36.1 Å². The Labute approximate surface area is 154 Å². The fourth-order valence-corrected chi connectivity index (χ4v) is 4.48. The van der Waals surface area contributed by atoms with Crippen LogP contribution in [-0.2, 0) is 10.0 Å². The highest BCUT2D eigenvalue weighted by atomic mass is 32.2. The van der Waals surface area contributed by atoms with Crippen LogP contribution in [0.1, 0.15) is 42.1 Å². The predicted molar refractivity (Wildman–Crippen MR) is 98.5 cm³/mol. The third kappa shape index (κ3) is 3.68. The van der Waals surface area contributed by atoms with Gasteiger partial charge < -0.3 is 9.32 Å². The molecule has 0 bridgehead atoms. The van der Waals surface area contributed by atoms with E-state index in [1.807, 2.05) is 12.1 Å². The first-order valence-electron chi connectivity index (χ1n) is 8.85. The van der Waals surface area contributed by atoms with Crippen LogP contribution >= 0.6 is 0 Å². The Morgan fingerprint density at radius 2 is 1.77 bits per heavy atom. The Morgan fingerprint density at radius 1 is 1.12 bits per heavy atom. The minimum atomic E-state index is -3.54. The van der Waals surface area contributed by atoms with Crippen molar-refractivity contribution < 1.29 is 17.6 Å². The van der Waals surface area contributed by atoms with E-state index in [0.717, 1.165) is 12.0 Å². The molecule has 0 N–H and O–H groups in total. The lowest BCUT2D eigenvalue weighted by Crippen LogP contribution is -2.50. The molecule has 3 rings (SSSR count). The summed E-state index contributed by atoms with van der Waals surface area (Å²) in [5, 5.41) is 0. The number of carbonyl (C=O) groups excluding carboxylic acids is 1. The molecule has 2 heterocycles. The largest absolute Gasteiger partial charge is 0.472 e. The molecule has 0 radical (unpaired) electrons. The smallest absolute Gasteiger partial charge is 0.257 e. The van der Waals surface area contributed by atoms with E-state index in [9.17, 15) is 13.2 Å². The first kappa shape index (κ1) is 18.7. The summed E-state index contributed by atoms with van der Waals surface area (Å²) in [4.78, 5) is 14.3. The van der Waals surface area contributed by atoms with Crippen molar-refractivity contribution in [2.75, 3.05) is 26.2 Å². The van der Waals surface area contributed by atoms with Gasteiger partial charge in [-0.15, -0.1) is 0 Å². The minimum absolute atomic E-state index is 0.131. The van der Waals surface area contributed by atoms with Gasteiger partial charge in [0, 0.05) is 26.2 Å². The highest BCUT2D eigenvalue weighted by Crippen LogP contribution is 2.23. The summed E-state index contributed by atoms with van der Waals surface area (Å²) in [5.41, 5.74) is 1.63. The Morgan fingerprint density at radius 3 is 2.31 bits per heavy atom. The third-order valence-electron chi connectivity index (χ3n) is 4.99. The van der Waals surface area contributed by atoms with Gasteiger partial charge in [0.2, 0.25) is 10.0 Å². The minimum Gasteiger partial charge on any atom is -0.472 e. The summed E-state index contributed by atoms with van der Waals surface area (Å²) in [6.45, 7) is 5.56. The molecular weight excluding hydrogens is 352 g/mol. The van der Waals surface area contributed by atoms with E-state index in [0.29, 0.717) is 42.6 Å². The van der Waals surface area contributed by atoms with Crippen molar-refractivity contribution in [3.8, 4) is 0 Å². The average Bonchev–Trinajstić information content (AvgIpc) is 3.21. The molecule has 0 aliphatic carbocycles. The van der Waals surface area contributed by atoms with E-state index in [1.54, 1.807) is 23.1 Å². The van der Waals surface area contributed by atoms with E-state index in [1.165, 1.54) is 16.8 Å². The number of hydrogen-bond donors (Lipinski definition) is 0. The Kier molecular flexibility index (Phi) is 5.48. The van der Waals surface area contributed by atoms with Crippen LogP contribution < -0.4 is 0 Å². The molecule has 1 aliphatic heterocycles. The molecule has 2 aromatic rings. The van der Waals surface area contributed by atoms with Crippen LogP contribution in [-0.4, -0.2) is 49.7 Å². The molecule has 0 spiro atoms. The van der Waals surface area contributed by atoms with Gasteiger partial charge in [-0.2, -0.15) is 4.31 Å². The maximum atomic E-state index is 12.9. The molecule has 1 atom stereocenters. The molecule has 0 saturated carbocycles. The van der Waals surface area contributed by atoms with Gasteiger partial charge in [-0.1, -0.05) is 26.0 Å². The number of amides is 1. The highest BCUT2D eigenvalue weighted by Gasteiger charge is 2.30. The zero-order chi connectivity index (χ0) is 18.7. The number of piperazine rings is 1. The van der Waals surface area contributed by atoms with E-state index < -0.39 is 10.0 Å². The predicted octanol–water partition coefficient (Wildman–Crippen LogP) is 2.94. The summed E-state index contributed by atoms with van der Waals surface area (Å²) < 4.78 is 32.1. The molecule has 1 saturated heterocycles. The summed E-state index contributed by atoms with van der Waals surface area (Å²) in [6.07, 6.45) is 3.88. The second-order valence-corrected chi connectivity index (χ2v) is 8.52. The lowest BCUT2D eigenvalue weighted by atomic mass is 9.99. The van der Waals surface area contributed by atoms with Gasteiger partial charge in [0.1, 0.15) is 6.26 Å². The van der Waals surface area contributed by atoms with Gasteiger partial charge in [-0.25, -0.2) is 8.42 Å². The van der Waals surface area contributed by atoms with Crippen molar-refractivity contribution in [3.63, 3.8) is 0 Å². The zero-order valence-electron chi connectivity index (χ0n) is 15.1. The zero-order valence-corrected chi connectivity index (χ0v) is 15.9. The number of hydrogen-bond acceptors (Lipinski definition) is 4. The Balaban J connectivity index is 1.67. The number of benzene rings is 1. The Hall–Kier alpha value is -2.12. The quantitative estimate of drug-likeness (QED) is 0.804. The van der Waals surface area contributed by atoms with Crippen molar-refractivity contribution in [1.82, 2.24) is 9.21 Å². The SMILES string of the molecule is CCC(C)c1ccc(S(=O)(=O)N2CCN(C(=O)c3ccoc3)CC2)cc1. The Bertz CT molecular complexity index is 836. The molecule has 7 heteroatoms. The number of furan rings is 1. The molecule has 1 unspecified atom stereocenters. The number of nitrogens with zero attached hydrogens (tertiary/aromatic N) is 2. The first-order valence-corrected chi connectivity index (χ1v) is 10.3. The molecular formula is C19H24N2O4S. The number of rotatable bonds is 5. The normalized spacial score (nSPS) is 17.2. The molecule has 6 nitrogen and oxygen atoms in total. The van der Waals surface area contributed by atoms with Crippen LogP contribution in [0.4, 0.5) is 0 Å². The maximum absolute atomic E-state index is 12.9. The van der Waals surface area contributed by atoms with E-state index in [4.69, 9.17) is 4.42 Å². The van der Waals surface area contributed by atoms with Crippen LogP contribution in [0.3, 0.4) is 0 Å². The van der Waals surface area contributed by atoms with Crippen molar-refractivity contribution in [3.05, 3.63) is 54.0 Å². The highest BCUT2D eigenvalue weighted by molar-refractivity contribution is 7.89. The topological polar surface area (TPSA) is 70.8 Å². The van der Waals surface area contributed by atoms with E-state index in [-0.39, 0.29) is 5.91 Å². The molecule has 1 fully saturated rings. The van der Waals surface area contributed by atoms with Crippen LogP contribution in [0.2, 0.25) is 0 Å². The monoisotopic (exact) mass is 376 g/mol. The van der Waals surface area contributed by atoms with Crippen LogP contribution in [0.5, 0.6) is 0 Å². The fourth-order valence-electron chi connectivity index (χ4n) is 3.05. The number of sulfonamides is 1. The van der Waals surface area contributed by atoms with Crippen LogP contribution in [0, 0.1) is 0 Å². The summed E-state index contributed by atoms with van der Waals surface area (Å²) in [5.74, 6) is 0.276. The van der Waals surface area contributed by atoms with Crippen LogP contribution in [0.15, 0.2) is 52.2 Å². The first-order chi connectivity index (χ1) is 12.4. The standard InChI is InChI=1S/C19H24N2O4S/c1-3-15(2)16-4-6-18(7-5-16)26(23,24)21-11-9-20(10-12-21)19(22)17-8-13-25-14-17/h4-8,13-15H,3,9-12H2,1-2H3. The second kappa shape index (κ2) is 7.63. The molecule has 1 aromatic carbocycles. The van der Waals surface area contributed by atoms with Gasteiger partial charge >= 0.3 is 0 Å². The second-order valence-electron chi connectivity index (χ2n) is 6.59. The van der Waals surface area contributed by atoms with Crippen LogP contribution in [0.25, 0.3) is 0 Å². The maximum Gasteiger partial charge on any atom is 0.257 e. The van der Waals surface area contributed by atoms with Crippen molar-refractivity contribution in [2.45, 2.75) is 31.1 Å². The molecule has 1 aliphatic rings. The average molecular weight is 376 g/mol. The van der Waals surface area contributed by atoms with Gasteiger partial charge in [0.25, 0.3) is 5.91 Å². The summed E-state index contributed by atoms with van der Waals surface area (Å²) >= 11 is 0. The molecule has 1 aromatic heterocycles. The van der Waals surface area contributed by atoms with Crippen molar-refractivity contribution in [1.29, 1.82) is 0 Å². The van der Waals surface area contributed by atoms with E-state index in [2.05, 4.69) is 13.8 Å². The number of carbonyl (C=O) groups is 1. The van der Waals surface area contributed by atoms with Crippen molar-refractivity contribution >= 4 is 15.9 Å². The molecule has 1 amide bonds. The molecule has 140 valence electrons. The lowest BCUT2D eigenvalue weighted by molar-refractivity contribution is 0.0697. The van der Waals surface area contributed by atoms with Crippen molar-refractivity contribution in [2.24, 2.45) is 0 Å². The van der Waals surface area contributed by atoms with E-state index >= 15 is 0 Å². The third-order valence-corrected chi connectivity index (χ3v) is 6.91. The fraction of sp³-hybridized carbons (Fsp3) is 0.421. The van der Waals surface area contributed by atoms with Gasteiger partial charge in [-0.3, -0.25) is 4.79 Å². The summed E-state index contributed by atoms with van der Waals surface area (Å²) in [6, 6.07) is 8.75.